The van der Waals surface area contributed by atoms with E-state index in [0.717, 1.165) is 19.4 Å². The zero-order valence-electron chi connectivity index (χ0n) is 11.9. The average Bonchev–Trinajstić information content (AvgIpc) is 2.38. The summed E-state index contributed by atoms with van der Waals surface area (Å²) in [5.74, 6) is 0. The maximum atomic E-state index is 5.89. The van der Waals surface area contributed by atoms with Gasteiger partial charge in [-0.1, -0.05) is 59.7 Å². The molecule has 100 valence electrons. The van der Waals surface area contributed by atoms with Crippen LogP contribution in [0.15, 0.2) is 48.5 Å². The van der Waals surface area contributed by atoms with Crippen LogP contribution in [-0.4, -0.2) is 16.4 Å². The Morgan fingerprint density at radius 2 is 1.63 bits per heavy atom. The number of hydrogen-bond donors (Lipinski definition) is 0. The molecular formula is C17H22OSi. The van der Waals surface area contributed by atoms with E-state index in [9.17, 15) is 0 Å². The first-order chi connectivity index (χ1) is 9.24. The summed E-state index contributed by atoms with van der Waals surface area (Å²) in [6.45, 7) is 5.19. The second-order valence-electron chi connectivity index (χ2n) is 5.14. The maximum absolute atomic E-state index is 5.89. The third-order valence-electron chi connectivity index (χ3n) is 3.15. The van der Waals surface area contributed by atoms with Crippen LogP contribution < -0.4 is 5.19 Å². The van der Waals surface area contributed by atoms with Crippen LogP contribution in [0.4, 0.5) is 0 Å². The fraction of sp³-hybridized carbons (Fsp3) is 0.294. The lowest BCUT2D eigenvalue weighted by Crippen LogP contribution is -2.19. The minimum atomic E-state index is -0.554. The quantitative estimate of drug-likeness (QED) is 0.579. The molecule has 0 unspecified atom stereocenters. The Hall–Kier alpha value is -1.38. The monoisotopic (exact) mass is 270 g/mol. The highest BCUT2D eigenvalue weighted by atomic mass is 28.2. The van der Waals surface area contributed by atoms with E-state index in [-0.39, 0.29) is 0 Å². The van der Waals surface area contributed by atoms with Gasteiger partial charge in [-0.05, 0) is 37.4 Å². The fourth-order valence-corrected chi connectivity index (χ4v) is 3.76. The Morgan fingerprint density at radius 3 is 2.32 bits per heavy atom. The van der Waals surface area contributed by atoms with Crippen LogP contribution in [0.1, 0.15) is 23.1 Å². The Balaban J connectivity index is 1.69. The molecule has 2 aromatic rings. The van der Waals surface area contributed by atoms with Gasteiger partial charge in [-0.2, -0.15) is 0 Å². The molecule has 0 radical (unpaired) electrons. The van der Waals surface area contributed by atoms with Crippen LogP contribution in [-0.2, 0) is 10.8 Å². The fourth-order valence-electron chi connectivity index (χ4n) is 2.37. The molecule has 2 heteroatoms. The minimum Gasteiger partial charge on any atom is -0.419 e. The zero-order valence-corrected chi connectivity index (χ0v) is 13.3. The number of benzene rings is 2. The van der Waals surface area contributed by atoms with Crippen LogP contribution >= 0.6 is 0 Å². The second-order valence-corrected chi connectivity index (χ2v) is 6.65. The summed E-state index contributed by atoms with van der Waals surface area (Å²) in [5, 5.41) is 1.41. The largest absolute Gasteiger partial charge is 0.419 e. The molecule has 0 bridgehead atoms. The van der Waals surface area contributed by atoms with Crippen molar-refractivity contribution in [3.8, 4) is 0 Å². The van der Waals surface area contributed by atoms with Gasteiger partial charge in [0, 0.05) is 6.61 Å². The zero-order chi connectivity index (χ0) is 13.5. The van der Waals surface area contributed by atoms with Crippen molar-refractivity contribution in [1.29, 1.82) is 0 Å². The minimum absolute atomic E-state index is 0.554. The average molecular weight is 270 g/mol. The van der Waals surface area contributed by atoms with E-state index in [2.05, 4.69) is 62.4 Å². The molecule has 0 N–H and O–H groups in total. The molecule has 0 aliphatic rings. The van der Waals surface area contributed by atoms with Crippen LogP contribution in [0.25, 0.3) is 0 Å². The molecule has 0 amide bonds. The highest BCUT2D eigenvalue weighted by Crippen LogP contribution is 2.03. The van der Waals surface area contributed by atoms with Crippen molar-refractivity contribution in [1.82, 2.24) is 0 Å². The van der Waals surface area contributed by atoms with Gasteiger partial charge in [-0.25, -0.2) is 0 Å². The van der Waals surface area contributed by atoms with Crippen molar-refractivity contribution in [3.63, 3.8) is 0 Å². The van der Waals surface area contributed by atoms with Gasteiger partial charge in [0.25, 0.3) is 0 Å². The molecular weight excluding hydrogens is 248 g/mol. The lowest BCUT2D eigenvalue weighted by atomic mass is 10.1. The molecule has 0 fully saturated rings. The van der Waals surface area contributed by atoms with Crippen molar-refractivity contribution < 1.29 is 4.43 Å². The van der Waals surface area contributed by atoms with Gasteiger partial charge < -0.3 is 4.43 Å². The van der Waals surface area contributed by atoms with E-state index >= 15 is 0 Å². The van der Waals surface area contributed by atoms with E-state index in [1.165, 1.54) is 21.9 Å². The lowest BCUT2D eigenvalue weighted by Gasteiger charge is -2.06. The molecule has 0 atom stereocenters. The number of rotatable bonds is 6. The Labute approximate surface area is 118 Å². The summed E-state index contributed by atoms with van der Waals surface area (Å²) >= 11 is 0. The second kappa shape index (κ2) is 7.27. The maximum Gasteiger partial charge on any atom is 0.192 e. The first kappa shape index (κ1) is 14.0. The van der Waals surface area contributed by atoms with Crippen LogP contribution in [0.5, 0.6) is 0 Å². The summed E-state index contributed by atoms with van der Waals surface area (Å²) in [6, 6.07) is 17.4. The summed E-state index contributed by atoms with van der Waals surface area (Å²) in [7, 11) is -0.554. The molecule has 0 saturated carbocycles. The van der Waals surface area contributed by atoms with E-state index in [1.807, 2.05) is 0 Å². The summed E-state index contributed by atoms with van der Waals surface area (Å²) in [5.41, 5.74) is 4.09. The van der Waals surface area contributed by atoms with Crippen LogP contribution in [0.2, 0.25) is 0 Å². The molecule has 0 aromatic heterocycles. The van der Waals surface area contributed by atoms with Crippen molar-refractivity contribution in [3.05, 3.63) is 65.2 Å². The first-order valence-corrected chi connectivity index (χ1v) is 8.21. The Kier molecular flexibility index (Phi) is 5.37. The molecule has 0 saturated heterocycles. The molecule has 0 spiro atoms. The molecule has 1 nitrogen and oxygen atoms in total. The lowest BCUT2D eigenvalue weighted by molar-refractivity contribution is 0.334. The third-order valence-corrected chi connectivity index (χ3v) is 4.38. The summed E-state index contributed by atoms with van der Waals surface area (Å²) in [4.78, 5) is 0. The molecule has 2 rings (SSSR count). The molecule has 0 heterocycles. The number of hydrogen-bond acceptors (Lipinski definition) is 1. The van der Waals surface area contributed by atoms with Crippen LogP contribution in [0.3, 0.4) is 0 Å². The summed E-state index contributed by atoms with van der Waals surface area (Å²) in [6.07, 6.45) is 2.23. The highest BCUT2D eigenvalue weighted by Gasteiger charge is 1.98. The highest BCUT2D eigenvalue weighted by molar-refractivity contribution is 6.46. The normalized spacial score (nSPS) is 11.3. The van der Waals surface area contributed by atoms with Gasteiger partial charge >= 0.3 is 0 Å². The predicted molar refractivity (Wildman–Crippen MR) is 84.8 cm³/mol. The van der Waals surface area contributed by atoms with Crippen molar-refractivity contribution in [2.24, 2.45) is 0 Å². The van der Waals surface area contributed by atoms with Crippen molar-refractivity contribution in [2.75, 3.05) is 6.61 Å². The van der Waals surface area contributed by atoms with Gasteiger partial charge in [-0.15, -0.1) is 0 Å². The molecule has 0 aliphatic carbocycles. The summed E-state index contributed by atoms with van der Waals surface area (Å²) < 4.78 is 5.89. The standard InChI is InChI=1S/C17H22OSi/c1-14-11-15(2)13-17(12-14)19-18-10-6-9-16-7-4-3-5-8-16/h3-5,7-8,11-13H,6,9-10,19H2,1-2H3. The van der Waals surface area contributed by atoms with Crippen LogP contribution in [0, 0.1) is 13.8 Å². The van der Waals surface area contributed by atoms with Crippen molar-refractivity contribution >= 4 is 14.9 Å². The topological polar surface area (TPSA) is 9.23 Å². The smallest absolute Gasteiger partial charge is 0.192 e. The van der Waals surface area contributed by atoms with Crippen molar-refractivity contribution in [2.45, 2.75) is 26.7 Å². The number of aryl methyl sites for hydroxylation is 3. The van der Waals surface area contributed by atoms with Gasteiger partial charge in [0.05, 0.1) is 0 Å². The molecule has 0 aliphatic heterocycles. The third kappa shape index (κ3) is 5.01. The first-order valence-electron chi connectivity index (χ1n) is 6.93. The van der Waals surface area contributed by atoms with E-state index in [0.29, 0.717) is 0 Å². The van der Waals surface area contributed by atoms with E-state index < -0.39 is 9.76 Å². The van der Waals surface area contributed by atoms with E-state index in [1.54, 1.807) is 0 Å². The van der Waals surface area contributed by atoms with Gasteiger partial charge in [0.2, 0.25) is 0 Å². The van der Waals surface area contributed by atoms with Gasteiger partial charge in [0.15, 0.2) is 9.76 Å². The Bertz CT molecular complexity index is 488. The predicted octanol–water partition coefficient (Wildman–Crippen LogP) is 2.66. The van der Waals surface area contributed by atoms with E-state index in [4.69, 9.17) is 4.43 Å². The molecule has 2 aromatic carbocycles. The Morgan fingerprint density at radius 1 is 0.947 bits per heavy atom. The molecule has 19 heavy (non-hydrogen) atoms. The van der Waals surface area contributed by atoms with Gasteiger partial charge in [-0.3, -0.25) is 0 Å². The van der Waals surface area contributed by atoms with Gasteiger partial charge in [0.1, 0.15) is 0 Å². The SMILES string of the molecule is Cc1cc(C)cc([SiH2]OCCCc2ccccc2)c1.